The third-order valence-electron chi connectivity index (χ3n) is 5.54. The van der Waals surface area contributed by atoms with Crippen molar-refractivity contribution in [2.75, 3.05) is 50.8 Å². The SMILES string of the molecule is O=C1COc2ccccc2CN1CCCCN1CCN(c2ccccn2)CC1. The van der Waals surface area contributed by atoms with Crippen molar-refractivity contribution >= 4 is 11.7 Å². The summed E-state index contributed by atoms with van der Waals surface area (Å²) in [4.78, 5) is 23.6. The van der Waals surface area contributed by atoms with Crippen LogP contribution in [0.2, 0.25) is 0 Å². The van der Waals surface area contributed by atoms with Crippen LogP contribution < -0.4 is 9.64 Å². The first-order valence-electron chi connectivity index (χ1n) is 10.2. The second-order valence-corrected chi connectivity index (χ2v) is 7.44. The van der Waals surface area contributed by atoms with Crippen LogP contribution in [0.1, 0.15) is 18.4 Å². The van der Waals surface area contributed by atoms with Crippen LogP contribution in [0.15, 0.2) is 48.7 Å². The number of piperazine rings is 1. The summed E-state index contributed by atoms with van der Waals surface area (Å²) in [5, 5.41) is 0. The summed E-state index contributed by atoms with van der Waals surface area (Å²) in [6, 6.07) is 14.0. The zero-order valence-corrected chi connectivity index (χ0v) is 16.3. The lowest BCUT2D eigenvalue weighted by atomic mass is 10.2. The molecular formula is C22H28N4O2. The van der Waals surface area contributed by atoms with Crippen molar-refractivity contribution in [2.24, 2.45) is 0 Å². The highest BCUT2D eigenvalue weighted by molar-refractivity contribution is 5.78. The zero-order chi connectivity index (χ0) is 19.2. The molecule has 1 saturated heterocycles. The number of unbranched alkanes of at least 4 members (excludes halogenated alkanes) is 1. The third kappa shape index (κ3) is 4.62. The maximum Gasteiger partial charge on any atom is 0.260 e. The smallest absolute Gasteiger partial charge is 0.260 e. The van der Waals surface area contributed by atoms with Gasteiger partial charge in [0, 0.05) is 51.0 Å². The van der Waals surface area contributed by atoms with E-state index in [1.54, 1.807) is 0 Å². The Kier molecular flexibility index (Phi) is 6.07. The molecule has 1 aromatic heterocycles. The molecule has 148 valence electrons. The monoisotopic (exact) mass is 380 g/mol. The molecule has 1 aromatic carbocycles. The van der Waals surface area contributed by atoms with E-state index < -0.39 is 0 Å². The number of rotatable bonds is 6. The predicted molar refractivity (Wildman–Crippen MR) is 109 cm³/mol. The summed E-state index contributed by atoms with van der Waals surface area (Å²) in [5.74, 6) is 1.99. The number of carbonyl (C=O) groups is 1. The molecule has 0 aliphatic carbocycles. The lowest BCUT2D eigenvalue weighted by Crippen LogP contribution is -2.47. The van der Waals surface area contributed by atoms with Crippen molar-refractivity contribution < 1.29 is 9.53 Å². The van der Waals surface area contributed by atoms with E-state index in [9.17, 15) is 4.79 Å². The van der Waals surface area contributed by atoms with Gasteiger partial charge in [0.25, 0.3) is 5.91 Å². The van der Waals surface area contributed by atoms with E-state index in [2.05, 4.69) is 20.9 Å². The van der Waals surface area contributed by atoms with Gasteiger partial charge in [-0.15, -0.1) is 0 Å². The van der Waals surface area contributed by atoms with Crippen LogP contribution in [-0.2, 0) is 11.3 Å². The van der Waals surface area contributed by atoms with E-state index >= 15 is 0 Å². The quantitative estimate of drug-likeness (QED) is 0.721. The number of hydrogen-bond acceptors (Lipinski definition) is 5. The van der Waals surface area contributed by atoms with Gasteiger partial charge in [0.2, 0.25) is 0 Å². The Hall–Kier alpha value is -2.60. The molecule has 0 unspecified atom stereocenters. The van der Waals surface area contributed by atoms with E-state index in [0.29, 0.717) is 6.54 Å². The number of ether oxygens (including phenoxy) is 1. The number of amides is 1. The van der Waals surface area contributed by atoms with Crippen LogP contribution in [0.5, 0.6) is 5.75 Å². The Bertz CT molecular complexity index is 775. The number of para-hydroxylation sites is 1. The minimum Gasteiger partial charge on any atom is -0.483 e. The normalized spacial score (nSPS) is 17.8. The molecule has 6 nitrogen and oxygen atoms in total. The first kappa shape index (κ1) is 18.7. The molecule has 28 heavy (non-hydrogen) atoms. The van der Waals surface area contributed by atoms with E-state index in [4.69, 9.17) is 4.74 Å². The van der Waals surface area contributed by atoms with Gasteiger partial charge in [0.15, 0.2) is 6.61 Å². The summed E-state index contributed by atoms with van der Waals surface area (Å²) in [6.45, 7) is 6.87. The fourth-order valence-corrected chi connectivity index (χ4v) is 3.88. The number of fused-ring (bicyclic) bond motifs is 1. The topological polar surface area (TPSA) is 48.9 Å². The standard InChI is InChI=1S/C22H28N4O2/c27-22-18-28-20-8-2-1-7-19(20)17-26(22)12-6-5-11-24-13-15-25(16-14-24)21-9-3-4-10-23-21/h1-4,7-10H,5-6,11-18H2. The Morgan fingerprint density at radius 2 is 1.71 bits per heavy atom. The Labute approximate surface area is 166 Å². The van der Waals surface area contributed by atoms with Gasteiger partial charge in [-0.3, -0.25) is 9.69 Å². The van der Waals surface area contributed by atoms with E-state index in [1.165, 1.54) is 0 Å². The lowest BCUT2D eigenvalue weighted by molar-refractivity contribution is -0.133. The van der Waals surface area contributed by atoms with Gasteiger partial charge in [-0.05, 0) is 37.6 Å². The maximum atomic E-state index is 12.3. The highest BCUT2D eigenvalue weighted by Crippen LogP contribution is 2.23. The van der Waals surface area contributed by atoms with Crippen molar-refractivity contribution in [2.45, 2.75) is 19.4 Å². The lowest BCUT2D eigenvalue weighted by Gasteiger charge is -2.35. The van der Waals surface area contributed by atoms with Crippen molar-refractivity contribution in [3.05, 3.63) is 54.2 Å². The molecule has 0 atom stereocenters. The van der Waals surface area contributed by atoms with Crippen molar-refractivity contribution in [1.82, 2.24) is 14.8 Å². The Morgan fingerprint density at radius 3 is 2.54 bits per heavy atom. The number of nitrogens with zero attached hydrogens (tertiary/aromatic N) is 4. The minimum absolute atomic E-state index is 0.0835. The second-order valence-electron chi connectivity index (χ2n) is 7.44. The molecule has 0 bridgehead atoms. The van der Waals surface area contributed by atoms with Gasteiger partial charge in [-0.2, -0.15) is 0 Å². The van der Waals surface area contributed by atoms with Crippen molar-refractivity contribution in [3.8, 4) is 5.75 Å². The third-order valence-corrected chi connectivity index (χ3v) is 5.54. The molecule has 3 heterocycles. The number of benzene rings is 1. The fraction of sp³-hybridized carbons (Fsp3) is 0.455. The van der Waals surface area contributed by atoms with E-state index in [-0.39, 0.29) is 12.5 Å². The molecule has 0 N–H and O–H groups in total. The molecule has 0 saturated carbocycles. The van der Waals surface area contributed by atoms with Gasteiger partial charge in [-0.25, -0.2) is 4.98 Å². The molecule has 2 aromatic rings. The van der Waals surface area contributed by atoms with Gasteiger partial charge in [0.1, 0.15) is 11.6 Å². The molecule has 1 fully saturated rings. The average molecular weight is 380 g/mol. The number of anilines is 1. The number of hydrogen-bond donors (Lipinski definition) is 0. The summed E-state index contributed by atoms with van der Waals surface area (Å²) in [6.07, 6.45) is 3.99. The van der Waals surface area contributed by atoms with Crippen LogP contribution in [0.3, 0.4) is 0 Å². The van der Waals surface area contributed by atoms with Crippen LogP contribution in [0.25, 0.3) is 0 Å². The summed E-state index contributed by atoms with van der Waals surface area (Å²) >= 11 is 0. The van der Waals surface area contributed by atoms with Gasteiger partial charge in [-0.1, -0.05) is 24.3 Å². The van der Waals surface area contributed by atoms with Crippen molar-refractivity contribution in [1.29, 1.82) is 0 Å². The molecule has 0 spiro atoms. The molecular weight excluding hydrogens is 352 g/mol. The highest BCUT2D eigenvalue weighted by Gasteiger charge is 2.21. The minimum atomic E-state index is 0.0835. The number of carbonyl (C=O) groups excluding carboxylic acids is 1. The Morgan fingerprint density at radius 1 is 0.929 bits per heavy atom. The van der Waals surface area contributed by atoms with Crippen LogP contribution in [0, 0.1) is 0 Å². The Balaban J connectivity index is 1.19. The zero-order valence-electron chi connectivity index (χ0n) is 16.3. The predicted octanol–water partition coefficient (Wildman–Crippen LogP) is 2.41. The first-order chi connectivity index (χ1) is 13.8. The molecule has 2 aliphatic rings. The van der Waals surface area contributed by atoms with E-state index in [0.717, 1.165) is 69.2 Å². The summed E-state index contributed by atoms with van der Waals surface area (Å²) < 4.78 is 5.63. The fourth-order valence-electron chi connectivity index (χ4n) is 3.88. The van der Waals surface area contributed by atoms with Crippen LogP contribution in [-0.4, -0.2) is 66.6 Å². The molecule has 6 heteroatoms. The highest BCUT2D eigenvalue weighted by atomic mass is 16.5. The maximum absolute atomic E-state index is 12.3. The molecule has 2 aliphatic heterocycles. The van der Waals surface area contributed by atoms with Crippen LogP contribution in [0.4, 0.5) is 5.82 Å². The molecule has 4 rings (SSSR count). The van der Waals surface area contributed by atoms with Gasteiger partial charge < -0.3 is 14.5 Å². The van der Waals surface area contributed by atoms with Crippen molar-refractivity contribution in [3.63, 3.8) is 0 Å². The number of pyridine rings is 1. The molecule has 0 radical (unpaired) electrons. The van der Waals surface area contributed by atoms with Gasteiger partial charge >= 0.3 is 0 Å². The van der Waals surface area contributed by atoms with E-state index in [1.807, 2.05) is 47.5 Å². The number of aromatic nitrogens is 1. The largest absolute Gasteiger partial charge is 0.483 e. The summed E-state index contributed by atoms with van der Waals surface area (Å²) in [7, 11) is 0. The summed E-state index contributed by atoms with van der Waals surface area (Å²) in [5.41, 5.74) is 1.10. The van der Waals surface area contributed by atoms with Crippen LogP contribution >= 0.6 is 0 Å². The second kappa shape index (κ2) is 9.06. The first-order valence-corrected chi connectivity index (χ1v) is 10.2. The average Bonchev–Trinajstić information content (AvgIpc) is 2.91. The molecule has 1 amide bonds. The van der Waals surface area contributed by atoms with Gasteiger partial charge in [0.05, 0.1) is 0 Å².